The van der Waals surface area contributed by atoms with Gasteiger partial charge in [-0.05, 0) is 12.8 Å². The summed E-state index contributed by atoms with van der Waals surface area (Å²) in [5, 5.41) is 9.11. The minimum absolute atomic E-state index is 0.0970. The second-order valence-electron chi connectivity index (χ2n) is 3.98. The van der Waals surface area contributed by atoms with Crippen molar-refractivity contribution in [2.45, 2.75) is 39.3 Å². The maximum atomic E-state index is 11.7. The zero-order chi connectivity index (χ0) is 11.3. The third-order valence-corrected chi connectivity index (χ3v) is 2.46. The summed E-state index contributed by atoms with van der Waals surface area (Å²) < 4.78 is 0. The monoisotopic (exact) mass is 202 g/mol. The van der Waals surface area contributed by atoms with Crippen LogP contribution in [0.15, 0.2) is 0 Å². The zero-order valence-corrected chi connectivity index (χ0v) is 9.53. The molecule has 0 aromatic heterocycles. The molecule has 0 bridgehead atoms. The SMILES string of the molecule is CC[C@H](C)[C@H](N)C(=O)N(C)CC(C)O. The van der Waals surface area contributed by atoms with E-state index in [1.165, 1.54) is 4.90 Å². The number of nitrogens with zero attached hydrogens (tertiary/aromatic N) is 1. The molecule has 1 unspecified atom stereocenters. The van der Waals surface area contributed by atoms with Crippen LogP contribution in [0.25, 0.3) is 0 Å². The molecule has 0 aliphatic heterocycles. The van der Waals surface area contributed by atoms with Crippen LogP contribution in [0.4, 0.5) is 0 Å². The number of aliphatic hydroxyl groups excluding tert-OH is 1. The predicted octanol–water partition coefficient (Wildman–Crippen LogP) is 0.199. The highest BCUT2D eigenvalue weighted by molar-refractivity contribution is 5.81. The third-order valence-electron chi connectivity index (χ3n) is 2.46. The molecule has 0 aromatic rings. The first-order valence-corrected chi connectivity index (χ1v) is 5.08. The van der Waals surface area contributed by atoms with Crippen molar-refractivity contribution in [2.75, 3.05) is 13.6 Å². The van der Waals surface area contributed by atoms with Crippen molar-refractivity contribution in [3.05, 3.63) is 0 Å². The van der Waals surface area contributed by atoms with E-state index in [1.807, 2.05) is 13.8 Å². The fraction of sp³-hybridized carbons (Fsp3) is 0.900. The molecular formula is C10H22N2O2. The van der Waals surface area contributed by atoms with E-state index in [-0.39, 0.29) is 11.8 Å². The number of nitrogens with two attached hydrogens (primary N) is 1. The number of amides is 1. The Morgan fingerprint density at radius 1 is 1.50 bits per heavy atom. The number of hydrogen-bond donors (Lipinski definition) is 2. The van der Waals surface area contributed by atoms with Gasteiger partial charge in [-0.1, -0.05) is 20.3 Å². The summed E-state index contributed by atoms with van der Waals surface area (Å²) in [4.78, 5) is 13.2. The van der Waals surface area contributed by atoms with Crippen LogP contribution in [-0.4, -0.2) is 41.7 Å². The minimum Gasteiger partial charge on any atom is -0.392 e. The third kappa shape index (κ3) is 4.07. The first kappa shape index (κ1) is 13.4. The molecule has 0 aliphatic carbocycles. The molecule has 0 aliphatic rings. The molecule has 4 heteroatoms. The van der Waals surface area contributed by atoms with E-state index >= 15 is 0 Å². The summed E-state index contributed by atoms with van der Waals surface area (Å²) in [6.45, 7) is 5.95. The fourth-order valence-electron chi connectivity index (χ4n) is 1.24. The lowest BCUT2D eigenvalue weighted by molar-refractivity contribution is -0.133. The van der Waals surface area contributed by atoms with E-state index in [9.17, 15) is 4.79 Å². The number of rotatable bonds is 5. The first-order chi connectivity index (χ1) is 6.40. The lowest BCUT2D eigenvalue weighted by Crippen LogP contribution is -2.47. The second-order valence-corrected chi connectivity index (χ2v) is 3.98. The van der Waals surface area contributed by atoms with Gasteiger partial charge in [0.25, 0.3) is 0 Å². The van der Waals surface area contributed by atoms with Crippen molar-refractivity contribution in [3.63, 3.8) is 0 Å². The van der Waals surface area contributed by atoms with Gasteiger partial charge in [0.15, 0.2) is 0 Å². The van der Waals surface area contributed by atoms with E-state index in [1.54, 1.807) is 14.0 Å². The van der Waals surface area contributed by atoms with Crippen LogP contribution < -0.4 is 5.73 Å². The summed E-state index contributed by atoms with van der Waals surface area (Å²) in [5.41, 5.74) is 5.78. The molecule has 0 heterocycles. The molecule has 0 saturated heterocycles. The van der Waals surface area contributed by atoms with Crippen molar-refractivity contribution in [1.29, 1.82) is 0 Å². The molecule has 0 spiro atoms. The van der Waals surface area contributed by atoms with Crippen LogP contribution in [0, 0.1) is 5.92 Å². The largest absolute Gasteiger partial charge is 0.392 e. The van der Waals surface area contributed by atoms with Gasteiger partial charge in [-0.3, -0.25) is 4.79 Å². The quantitative estimate of drug-likeness (QED) is 0.669. The predicted molar refractivity (Wildman–Crippen MR) is 56.7 cm³/mol. The molecule has 0 aromatic carbocycles. The van der Waals surface area contributed by atoms with Crippen LogP contribution in [0.1, 0.15) is 27.2 Å². The molecule has 4 nitrogen and oxygen atoms in total. The molecule has 0 saturated carbocycles. The zero-order valence-electron chi connectivity index (χ0n) is 9.53. The van der Waals surface area contributed by atoms with E-state index in [0.29, 0.717) is 6.54 Å². The van der Waals surface area contributed by atoms with Crippen molar-refractivity contribution in [3.8, 4) is 0 Å². The molecule has 3 atom stereocenters. The highest BCUT2D eigenvalue weighted by atomic mass is 16.3. The van der Waals surface area contributed by atoms with Gasteiger partial charge in [0.05, 0.1) is 12.1 Å². The Hall–Kier alpha value is -0.610. The van der Waals surface area contributed by atoms with Gasteiger partial charge in [0, 0.05) is 13.6 Å². The van der Waals surface area contributed by atoms with Crippen LogP contribution in [0.3, 0.4) is 0 Å². The summed E-state index contributed by atoms with van der Waals surface area (Å²) in [6.07, 6.45) is 0.378. The van der Waals surface area contributed by atoms with Gasteiger partial charge in [0.2, 0.25) is 5.91 Å². The lowest BCUT2D eigenvalue weighted by Gasteiger charge is -2.25. The van der Waals surface area contributed by atoms with Crippen molar-refractivity contribution >= 4 is 5.91 Å². The van der Waals surface area contributed by atoms with Gasteiger partial charge < -0.3 is 15.7 Å². The van der Waals surface area contributed by atoms with Crippen LogP contribution >= 0.6 is 0 Å². The van der Waals surface area contributed by atoms with Gasteiger partial charge in [0.1, 0.15) is 0 Å². The van der Waals surface area contributed by atoms with E-state index in [2.05, 4.69) is 0 Å². The Morgan fingerprint density at radius 3 is 2.36 bits per heavy atom. The molecular weight excluding hydrogens is 180 g/mol. The average molecular weight is 202 g/mol. The smallest absolute Gasteiger partial charge is 0.239 e. The van der Waals surface area contributed by atoms with Crippen LogP contribution in [0.5, 0.6) is 0 Å². The van der Waals surface area contributed by atoms with Gasteiger partial charge >= 0.3 is 0 Å². The Labute approximate surface area is 86.1 Å². The standard InChI is InChI=1S/C10H22N2O2/c1-5-7(2)9(11)10(14)12(4)6-8(3)13/h7-9,13H,5-6,11H2,1-4H3/t7-,8?,9-/m0/s1. The van der Waals surface area contributed by atoms with Gasteiger partial charge in [-0.15, -0.1) is 0 Å². The molecule has 0 radical (unpaired) electrons. The molecule has 14 heavy (non-hydrogen) atoms. The van der Waals surface area contributed by atoms with Gasteiger partial charge in [-0.2, -0.15) is 0 Å². The normalized spacial score (nSPS) is 17.3. The van der Waals surface area contributed by atoms with Crippen LogP contribution in [-0.2, 0) is 4.79 Å². The lowest BCUT2D eigenvalue weighted by atomic mass is 9.99. The molecule has 0 rings (SSSR count). The molecule has 3 N–H and O–H groups in total. The first-order valence-electron chi connectivity index (χ1n) is 5.08. The van der Waals surface area contributed by atoms with Crippen LogP contribution in [0.2, 0.25) is 0 Å². The van der Waals surface area contributed by atoms with Gasteiger partial charge in [-0.25, -0.2) is 0 Å². The highest BCUT2D eigenvalue weighted by Crippen LogP contribution is 2.07. The fourth-order valence-corrected chi connectivity index (χ4v) is 1.24. The Morgan fingerprint density at radius 2 is 2.00 bits per heavy atom. The number of likely N-dealkylation sites (N-methyl/N-ethyl adjacent to an activating group) is 1. The Balaban J connectivity index is 4.17. The number of aliphatic hydroxyl groups is 1. The maximum Gasteiger partial charge on any atom is 0.239 e. The number of carbonyl (C=O) groups is 1. The molecule has 84 valence electrons. The van der Waals surface area contributed by atoms with Crippen molar-refractivity contribution < 1.29 is 9.90 Å². The van der Waals surface area contributed by atoms with E-state index in [0.717, 1.165) is 6.42 Å². The topological polar surface area (TPSA) is 66.6 Å². The number of carbonyl (C=O) groups excluding carboxylic acids is 1. The molecule has 0 fully saturated rings. The summed E-state index contributed by atoms with van der Waals surface area (Å²) in [7, 11) is 1.66. The van der Waals surface area contributed by atoms with E-state index < -0.39 is 12.1 Å². The Kier molecular flexibility index (Phi) is 5.72. The Bertz CT molecular complexity index is 183. The maximum absolute atomic E-state index is 11.7. The average Bonchev–Trinajstić information content (AvgIpc) is 2.13. The summed E-state index contributed by atoms with van der Waals surface area (Å²) in [6, 6.07) is -0.455. The van der Waals surface area contributed by atoms with E-state index in [4.69, 9.17) is 10.8 Å². The van der Waals surface area contributed by atoms with Crippen molar-refractivity contribution in [2.24, 2.45) is 11.7 Å². The highest BCUT2D eigenvalue weighted by Gasteiger charge is 2.23. The number of hydrogen-bond acceptors (Lipinski definition) is 3. The molecule has 1 amide bonds. The second kappa shape index (κ2) is 5.98. The summed E-state index contributed by atoms with van der Waals surface area (Å²) in [5.74, 6) is 0.0826. The van der Waals surface area contributed by atoms with Crippen molar-refractivity contribution in [1.82, 2.24) is 4.90 Å². The minimum atomic E-state index is -0.506. The summed E-state index contributed by atoms with van der Waals surface area (Å²) >= 11 is 0.